The van der Waals surface area contributed by atoms with Crippen molar-refractivity contribution in [2.24, 2.45) is 7.05 Å². The third-order valence-corrected chi connectivity index (χ3v) is 6.07. The highest BCUT2D eigenvalue weighted by atomic mass is 79.9. The number of aryl methyl sites for hydroxylation is 1. The Labute approximate surface area is 189 Å². The van der Waals surface area contributed by atoms with E-state index in [1.807, 2.05) is 61.0 Å². The molecule has 0 radical (unpaired) electrons. The SMILES string of the molecule is Cc1ccc(OCc2nnc(SCC(=O)Nc3ccc(Br)cc3C(C)C)n2C)cc1. The van der Waals surface area contributed by atoms with Crippen LogP contribution < -0.4 is 10.1 Å². The van der Waals surface area contributed by atoms with Crippen LogP contribution in [0.5, 0.6) is 5.75 Å². The molecule has 158 valence electrons. The summed E-state index contributed by atoms with van der Waals surface area (Å²) in [5.41, 5.74) is 3.11. The highest BCUT2D eigenvalue weighted by Gasteiger charge is 2.14. The Bertz CT molecular complexity index is 1020. The average Bonchev–Trinajstić information content (AvgIpc) is 3.07. The summed E-state index contributed by atoms with van der Waals surface area (Å²) in [6, 6.07) is 13.8. The topological polar surface area (TPSA) is 69.0 Å². The molecule has 0 aliphatic carbocycles. The van der Waals surface area contributed by atoms with E-state index in [1.54, 1.807) is 0 Å². The largest absolute Gasteiger partial charge is 0.486 e. The fourth-order valence-corrected chi connectivity index (χ4v) is 3.93. The molecular formula is C22H25BrN4O2S. The van der Waals surface area contributed by atoms with Crippen molar-refractivity contribution in [3.05, 3.63) is 63.9 Å². The van der Waals surface area contributed by atoms with E-state index in [4.69, 9.17) is 4.74 Å². The predicted octanol–water partition coefficient (Wildman–Crippen LogP) is 5.32. The molecule has 0 bridgehead atoms. The number of halogens is 1. The Balaban J connectivity index is 1.56. The maximum atomic E-state index is 12.5. The van der Waals surface area contributed by atoms with Gasteiger partial charge in [-0.3, -0.25) is 4.79 Å². The molecule has 3 rings (SSSR count). The maximum Gasteiger partial charge on any atom is 0.234 e. The molecule has 30 heavy (non-hydrogen) atoms. The second-order valence-electron chi connectivity index (χ2n) is 7.28. The zero-order valence-electron chi connectivity index (χ0n) is 17.5. The van der Waals surface area contributed by atoms with Crippen molar-refractivity contribution in [2.45, 2.75) is 38.5 Å². The van der Waals surface area contributed by atoms with Gasteiger partial charge >= 0.3 is 0 Å². The summed E-state index contributed by atoms with van der Waals surface area (Å²) in [6.45, 7) is 6.56. The quantitative estimate of drug-likeness (QED) is 0.434. The smallest absolute Gasteiger partial charge is 0.234 e. The molecule has 0 aliphatic rings. The second kappa shape index (κ2) is 10.1. The molecule has 1 aromatic heterocycles. The predicted molar refractivity (Wildman–Crippen MR) is 124 cm³/mol. The molecule has 3 aromatic rings. The number of hydrogen-bond acceptors (Lipinski definition) is 5. The van der Waals surface area contributed by atoms with Crippen molar-refractivity contribution >= 4 is 39.3 Å². The first-order valence-electron chi connectivity index (χ1n) is 9.63. The summed E-state index contributed by atoms with van der Waals surface area (Å²) in [5.74, 6) is 1.96. The zero-order valence-corrected chi connectivity index (χ0v) is 19.9. The third-order valence-electron chi connectivity index (χ3n) is 4.56. The number of benzene rings is 2. The number of hydrogen-bond donors (Lipinski definition) is 1. The minimum absolute atomic E-state index is 0.0790. The molecule has 0 fully saturated rings. The minimum Gasteiger partial charge on any atom is -0.486 e. The molecule has 0 saturated heterocycles. The average molecular weight is 489 g/mol. The third kappa shape index (κ3) is 5.86. The van der Waals surface area contributed by atoms with Crippen LogP contribution in [0.3, 0.4) is 0 Å². The Hall–Kier alpha value is -2.32. The van der Waals surface area contributed by atoms with Crippen LogP contribution >= 0.6 is 27.7 Å². The Morgan fingerprint density at radius 2 is 1.93 bits per heavy atom. The van der Waals surface area contributed by atoms with Gasteiger partial charge in [-0.05, 0) is 48.7 Å². The molecule has 0 spiro atoms. The van der Waals surface area contributed by atoms with Crippen LogP contribution in [0.15, 0.2) is 52.1 Å². The van der Waals surface area contributed by atoms with Gasteiger partial charge in [-0.15, -0.1) is 10.2 Å². The highest BCUT2D eigenvalue weighted by Crippen LogP contribution is 2.28. The number of anilines is 1. The summed E-state index contributed by atoms with van der Waals surface area (Å²) in [6.07, 6.45) is 0. The molecule has 1 amide bonds. The number of nitrogens with zero attached hydrogens (tertiary/aromatic N) is 3. The molecule has 1 heterocycles. The van der Waals surface area contributed by atoms with Gasteiger partial charge in [-0.1, -0.05) is 59.2 Å². The fourth-order valence-electron chi connectivity index (χ4n) is 2.82. The Kier molecular flexibility index (Phi) is 7.55. The van der Waals surface area contributed by atoms with Gasteiger partial charge in [0, 0.05) is 17.2 Å². The van der Waals surface area contributed by atoms with Gasteiger partial charge in [0.2, 0.25) is 5.91 Å². The van der Waals surface area contributed by atoms with Crippen molar-refractivity contribution < 1.29 is 9.53 Å². The Morgan fingerprint density at radius 3 is 2.63 bits per heavy atom. The maximum absolute atomic E-state index is 12.5. The van der Waals surface area contributed by atoms with Crippen LogP contribution in [0.1, 0.15) is 36.7 Å². The summed E-state index contributed by atoms with van der Waals surface area (Å²) < 4.78 is 8.63. The van der Waals surface area contributed by atoms with Gasteiger partial charge in [0.1, 0.15) is 12.4 Å². The number of ether oxygens (including phenoxy) is 1. The molecule has 2 aromatic carbocycles. The lowest BCUT2D eigenvalue weighted by atomic mass is 10.0. The molecule has 1 N–H and O–H groups in total. The standard InChI is InChI=1S/C22H25BrN4O2S/c1-14(2)18-11-16(23)7-10-19(18)24-21(28)13-30-22-26-25-20(27(22)4)12-29-17-8-5-15(3)6-9-17/h5-11,14H,12-13H2,1-4H3,(H,24,28). The van der Waals surface area contributed by atoms with E-state index in [0.717, 1.165) is 21.5 Å². The van der Waals surface area contributed by atoms with Crippen LogP contribution in [-0.4, -0.2) is 26.4 Å². The molecule has 6 nitrogen and oxygen atoms in total. The van der Waals surface area contributed by atoms with E-state index in [1.165, 1.54) is 17.3 Å². The normalized spacial score (nSPS) is 11.0. The van der Waals surface area contributed by atoms with Crippen LogP contribution in [0.2, 0.25) is 0 Å². The van der Waals surface area contributed by atoms with E-state index in [-0.39, 0.29) is 11.7 Å². The van der Waals surface area contributed by atoms with Gasteiger partial charge in [-0.2, -0.15) is 0 Å². The van der Waals surface area contributed by atoms with E-state index in [0.29, 0.717) is 23.5 Å². The van der Waals surface area contributed by atoms with Gasteiger partial charge in [0.15, 0.2) is 11.0 Å². The number of thioether (sulfide) groups is 1. The first kappa shape index (κ1) is 22.4. The van der Waals surface area contributed by atoms with Crippen molar-refractivity contribution in [2.75, 3.05) is 11.1 Å². The summed E-state index contributed by atoms with van der Waals surface area (Å²) >= 11 is 4.84. The molecule has 8 heteroatoms. The van der Waals surface area contributed by atoms with Gasteiger partial charge < -0.3 is 14.6 Å². The molecular weight excluding hydrogens is 464 g/mol. The molecule has 0 aliphatic heterocycles. The molecule has 0 atom stereocenters. The van der Waals surface area contributed by atoms with Crippen LogP contribution in [-0.2, 0) is 18.4 Å². The summed E-state index contributed by atoms with van der Waals surface area (Å²) in [4.78, 5) is 12.5. The highest BCUT2D eigenvalue weighted by molar-refractivity contribution is 9.10. The number of carbonyl (C=O) groups is 1. The van der Waals surface area contributed by atoms with Crippen LogP contribution in [0.25, 0.3) is 0 Å². The number of rotatable bonds is 8. The van der Waals surface area contributed by atoms with E-state index >= 15 is 0 Å². The van der Waals surface area contributed by atoms with E-state index in [2.05, 4.69) is 45.3 Å². The monoisotopic (exact) mass is 488 g/mol. The summed E-state index contributed by atoms with van der Waals surface area (Å²) in [5, 5.41) is 12.1. The van der Waals surface area contributed by atoms with E-state index < -0.39 is 0 Å². The second-order valence-corrected chi connectivity index (χ2v) is 9.14. The lowest BCUT2D eigenvalue weighted by Gasteiger charge is -2.14. The minimum atomic E-state index is -0.0790. The van der Waals surface area contributed by atoms with Crippen LogP contribution in [0, 0.1) is 6.92 Å². The Morgan fingerprint density at radius 1 is 1.20 bits per heavy atom. The van der Waals surface area contributed by atoms with Crippen molar-refractivity contribution in [1.29, 1.82) is 0 Å². The van der Waals surface area contributed by atoms with Crippen LogP contribution in [0.4, 0.5) is 5.69 Å². The number of aromatic nitrogens is 3. The van der Waals surface area contributed by atoms with Gasteiger partial charge in [-0.25, -0.2) is 0 Å². The van der Waals surface area contributed by atoms with Gasteiger partial charge in [0.05, 0.1) is 5.75 Å². The van der Waals surface area contributed by atoms with Crippen molar-refractivity contribution in [3.8, 4) is 5.75 Å². The molecule has 0 saturated carbocycles. The first-order valence-corrected chi connectivity index (χ1v) is 11.4. The molecule has 0 unspecified atom stereocenters. The van der Waals surface area contributed by atoms with E-state index in [9.17, 15) is 4.79 Å². The lowest BCUT2D eigenvalue weighted by Crippen LogP contribution is -2.16. The van der Waals surface area contributed by atoms with Crippen molar-refractivity contribution in [1.82, 2.24) is 14.8 Å². The van der Waals surface area contributed by atoms with Crippen molar-refractivity contribution in [3.63, 3.8) is 0 Å². The number of nitrogens with one attached hydrogen (secondary N) is 1. The summed E-state index contributed by atoms with van der Waals surface area (Å²) in [7, 11) is 1.87. The number of carbonyl (C=O) groups excluding carboxylic acids is 1. The zero-order chi connectivity index (χ0) is 21.7. The lowest BCUT2D eigenvalue weighted by molar-refractivity contribution is -0.113. The number of amides is 1. The fraction of sp³-hybridized carbons (Fsp3) is 0.318. The van der Waals surface area contributed by atoms with Gasteiger partial charge in [0.25, 0.3) is 0 Å². The first-order chi connectivity index (χ1) is 14.3.